The average Bonchev–Trinajstić information content (AvgIpc) is 3.33. The molecule has 0 saturated carbocycles. The second-order valence-electron chi connectivity index (χ2n) is 8.09. The number of halogens is 1. The Labute approximate surface area is 178 Å². The lowest BCUT2D eigenvalue weighted by Gasteiger charge is -2.13. The van der Waals surface area contributed by atoms with Crippen LogP contribution in [0.3, 0.4) is 0 Å². The fourth-order valence-electron chi connectivity index (χ4n) is 3.07. The van der Waals surface area contributed by atoms with Gasteiger partial charge in [0.25, 0.3) is 11.9 Å². The van der Waals surface area contributed by atoms with E-state index in [-0.39, 0.29) is 11.1 Å². The lowest BCUT2D eigenvalue weighted by molar-refractivity contribution is 0.102. The fourth-order valence-corrected chi connectivity index (χ4v) is 3.07. The molecule has 1 N–H and O–H groups in total. The molecule has 31 heavy (non-hydrogen) atoms. The highest BCUT2D eigenvalue weighted by atomic mass is 19.1. The minimum absolute atomic E-state index is 0.245. The van der Waals surface area contributed by atoms with Crippen LogP contribution in [0.2, 0.25) is 0 Å². The maximum atomic E-state index is 14.2. The first-order chi connectivity index (χ1) is 14.8. The van der Waals surface area contributed by atoms with Gasteiger partial charge in [-0.05, 0) is 25.1 Å². The third-order valence-corrected chi connectivity index (χ3v) is 4.80. The monoisotopic (exact) mass is 419 g/mol. The van der Waals surface area contributed by atoms with Crippen LogP contribution in [0.25, 0.3) is 11.6 Å². The summed E-state index contributed by atoms with van der Waals surface area (Å²) in [5.74, 6) is -0.0429. The molecule has 0 aliphatic rings. The Balaban J connectivity index is 1.70. The summed E-state index contributed by atoms with van der Waals surface area (Å²) in [7, 11) is 0. The topological polar surface area (TPSA) is 90.5 Å². The fraction of sp³-hybridized carbons (Fsp3) is 0.227. The first-order valence-corrected chi connectivity index (χ1v) is 9.74. The van der Waals surface area contributed by atoms with E-state index in [1.54, 1.807) is 49.6 Å². The predicted molar refractivity (Wildman–Crippen MR) is 114 cm³/mol. The van der Waals surface area contributed by atoms with Gasteiger partial charge in [-0.25, -0.2) is 19.0 Å². The van der Waals surface area contributed by atoms with E-state index >= 15 is 0 Å². The highest BCUT2D eigenvalue weighted by molar-refractivity contribution is 6.04. The second kappa shape index (κ2) is 7.75. The van der Waals surface area contributed by atoms with Gasteiger partial charge in [-0.2, -0.15) is 14.9 Å². The van der Waals surface area contributed by atoms with Crippen LogP contribution in [0.5, 0.6) is 0 Å². The van der Waals surface area contributed by atoms with Gasteiger partial charge in [0.05, 0.1) is 23.1 Å². The normalized spacial score (nSPS) is 11.5. The van der Waals surface area contributed by atoms with Crippen molar-refractivity contribution in [2.45, 2.75) is 33.1 Å². The van der Waals surface area contributed by atoms with Crippen molar-refractivity contribution in [2.75, 3.05) is 5.32 Å². The molecule has 0 fully saturated rings. The summed E-state index contributed by atoms with van der Waals surface area (Å²) in [6.45, 7) is 7.80. The summed E-state index contributed by atoms with van der Waals surface area (Å²) < 4.78 is 17.1. The van der Waals surface area contributed by atoms with Crippen molar-refractivity contribution in [2.24, 2.45) is 0 Å². The molecule has 0 aliphatic heterocycles. The van der Waals surface area contributed by atoms with Gasteiger partial charge < -0.3 is 5.32 Å². The maximum absolute atomic E-state index is 14.2. The molecule has 8 nitrogen and oxygen atoms in total. The molecule has 0 atom stereocenters. The van der Waals surface area contributed by atoms with Crippen molar-refractivity contribution < 1.29 is 9.18 Å². The Morgan fingerprint density at radius 2 is 1.77 bits per heavy atom. The molecule has 3 aromatic heterocycles. The van der Waals surface area contributed by atoms with Crippen molar-refractivity contribution in [3.63, 3.8) is 0 Å². The van der Waals surface area contributed by atoms with Crippen LogP contribution in [0.4, 0.5) is 10.2 Å². The standard InChI is InChI=1S/C22H22FN7O/c1-14-15(13-26-29(14)17-9-6-5-8-16(17)23)20(31)27-19-12-18(22(2,3)4)28-30(19)21-24-10-7-11-25-21/h5-13H,1-4H3,(H,27,31). The zero-order chi connectivity index (χ0) is 22.2. The van der Waals surface area contributed by atoms with Crippen LogP contribution in [0.15, 0.2) is 55.0 Å². The van der Waals surface area contributed by atoms with Crippen molar-refractivity contribution in [1.82, 2.24) is 29.5 Å². The SMILES string of the molecule is Cc1c(C(=O)Nc2cc(C(C)(C)C)nn2-c2ncccn2)cnn1-c1ccccc1F. The highest BCUT2D eigenvalue weighted by Gasteiger charge is 2.24. The molecular formula is C22H22FN7O. The quantitative estimate of drug-likeness (QED) is 0.543. The van der Waals surface area contributed by atoms with E-state index in [9.17, 15) is 9.18 Å². The highest BCUT2D eigenvalue weighted by Crippen LogP contribution is 2.26. The predicted octanol–water partition coefficient (Wildman–Crippen LogP) is 3.85. The second-order valence-corrected chi connectivity index (χ2v) is 8.09. The number of nitrogens with one attached hydrogen (secondary N) is 1. The zero-order valence-corrected chi connectivity index (χ0v) is 17.7. The summed E-state index contributed by atoms with van der Waals surface area (Å²) >= 11 is 0. The van der Waals surface area contributed by atoms with Crippen molar-refractivity contribution >= 4 is 11.7 Å². The molecule has 1 amide bonds. The molecule has 3 heterocycles. The molecule has 0 radical (unpaired) electrons. The Morgan fingerprint density at radius 3 is 2.45 bits per heavy atom. The van der Waals surface area contributed by atoms with Crippen LogP contribution in [-0.2, 0) is 5.41 Å². The smallest absolute Gasteiger partial charge is 0.260 e. The lowest BCUT2D eigenvalue weighted by atomic mass is 9.92. The average molecular weight is 419 g/mol. The number of amides is 1. The lowest BCUT2D eigenvalue weighted by Crippen LogP contribution is -2.17. The van der Waals surface area contributed by atoms with E-state index < -0.39 is 11.7 Å². The number of carbonyl (C=O) groups excluding carboxylic acids is 1. The van der Waals surface area contributed by atoms with Gasteiger partial charge in [-0.15, -0.1) is 0 Å². The van der Waals surface area contributed by atoms with Gasteiger partial charge in [-0.1, -0.05) is 32.9 Å². The van der Waals surface area contributed by atoms with E-state index in [2.05, 4.69) is 25.5 Å². The number of hydrogen-bond acceptors (Lipinski definition) is 5. The first kappa shape index (κ1) is 20.4. The zero-order valence-electron chi connectivity index (χ0n) is 17.7. The number of anilines is 1. The third kappa shape index (κ3) is 3.94. The molecule has 4 aromatic rings. The molecule has 0 bridgehead atoms. The van der Waals surface area contributed by atoms with E-state index in [1.165, 1.54) is 21.6 Å². The number of nitrogens with zero attached hydrogens (tertiary/aromatic N) is 6. The van der Waals surface area contributed by atoms with Crippen molar-refractivity contribution in [3.05, 3.63) is 77.8 Å². The molecule has 9 heteroatoms. The molecule has 4 rings (SSSR count). The maximum Gasteiger partial charge on any atom is 0.260 e. The number of rotatable bonds is 4. The summed E-state index contributed by atoms with van der Waals surface area (Å²) in [6, 6.07) is 9.77. The largest absolute Gasteiger partial charge is 0.306 e. The molecule has 158 valence electrons. The van der Waals surface area contributed by atoms with Crippen LogP contribution in [-0.4, -0.2) is 35.4 Å². The van der Waals surface area contributed by atoms with Crippen molar-refractivity contribution in [1.29, 1.82) is 0 Å². The Morgan fingerprint density at radius 1 is 1.06 bits per heavy atom. The number of benzene rings is 1. The number of aromatic nitrogens is 6. The van der Waals surface area contributed by atoms with E-state index in [4.69, 9.17) is 0 Å². The molecule has 0 saturated heterocycles. The molecule has 0 unspecified atom stereocenters. The Kier molecular flexibility index (Phi) is 5.10. The van der Waals surface area contributed by atoms with Gasteiger partial charge in [0.15, 0.2) is 0 Å². The van der Waals surface area contributed by atoms with Gasteiger partial charge in [0.2, 0.25) is 0 Å². The van der Waals surface area contributed by atoms with E-state index in [1.807, 2.05) is 20.8 Å². The molecular weight excluding hydrogens is 397 g/mol. The summed E-state index contributed by atoms with van der Waals surface area (Å²) in [4.78, 5) is 21.5. The van der Waals surface area contributed by atoms with Crippen LogP contribution in [0.1, 0.15) is 42.5 Å². The van der Waals surface area contributed by atoms with Crippen LogP contribution >= 0.6 is 0 Å². The Hall–Kier alpha value is -3.88. The van der Waals surface area contributed by atoms with E-state index in [0.29, 0.717) is 23.0 Å². The van der Waals surface area contributed by atoms with Crippen LogP contribution < -0.4 is 5.32 Å². The van der Waals surface area contributed by atoms with Gasteiger partial charge >= 0.3 is 0 Å². The summed E-state index contributed by atoms with van der Waals surface area (Å²) in [6.07, 6.45) is 4.63. The Bertz CT molecular complexity index is 1240. The number of carbonyl (C=O) groups is 1. The van der Waals surface area contributed by atoms with E-state index in [0.717, 1.165) is 5.69 Å². The number of para-hydroxylation sites is 1. The van der Waals surface area contributed by atoms with Crippen molar-refractivity contribution in [3.8, 4) is 11.6 Å². The molecule has 1 aromatic carbocycles. The van der Waals surface area contributed by atoms with Gasteiger partial charge in [-0.3, -0.25) is 4.79 Å². The summed E-state index contributed by atoms with van der Waals surface area (Å²) in [5.41, 5.74) is 1.64. The third-order valence-electron chi connectivity index (χ3n) is 4.80. The van der Waals surface area contributed by atoms with Gasteiger partial charge in [0, 0.05) is 23.9 Å². The molecule has 0 aliphatic carbocycles. The minimum atomic E-state index is -0.422. The molecule has 0 spiro atoms. The summed E-state index contributed by atoms with van der Waals surface area (Å²) in [5, 5.41) is 11.7. The minimum Gasteiger partial charge on any atom is -0.306 e. The first-order valence-electron chi connectivity index (χ1n) is 9.74. The number of hydrogen-bond donors (Lipinski definition) is 1. The van der Waals surface area contributed by atoms with Gasteiger partial charge in [0.1, 0.15) is 17.3 Å². The van der Waals surface area contributed by atoms with Crippen LogP contribution in [0, 0.1) is 12.7 Å².